The molecule has 0 unspecified atom stereocenters. The van der Waals surface area contributed by atoms with Crippen molar-refractivity contribution in [3.63, 3.8) is 0 Å². The minimum Gasteiger partial charge on any atom is -0.459 e. The van der Waals surface area contributed by atoms with E-state index in [1.165, 1.54) is 12.2 Å². The van der Waals surface area contributed by atoms with Gasteiger partial charge in [-0.25, -0.2) is 4.79 Å². The Morgan fingerprint density at radius 3 is 2.67 bits per heavy atom. The number of methoxy groups -OCH3 is 2. The average Bonchev–Trinajstić information content (AvgIpc) is 2.52. The lowest BCUT2D eigenvalue weighted by Crippen LogP contribution is -2.24. The molecule has 0 radical (unpaired) electrons. The topological polar surface area (TPSA) is 65.0 Å². The van der Waals surface area contributed by atoms with Gasteiger partial charge in [0.15, 0.2) is 0 Å². The van der Waals surface area contributed by atoms with E-state index in [1.54, 1.807) is 33.3 Å². The molecule has 0 spiro atoms. The second-order valence-electron chi connectivity index (χ2n) is 6.48. The summed E-state index contributed by atoms with van der Waals surface area (Å²) in [6, 6.07) is 0. The lowest BCUT2D eigenvalue weighted by molar-refractivity contribution is -0.144. The number of cyclic esters (lactones) is 1. The monoisotopic (exact) mass is 338 g/mol. The van der Waals surface area contributed by atoms with E-state index in [-0.39, 0.29) is 18.1 Å². The van der Waals surface area contributed by atoms with Crippen LogP contribution in [0.4, 0.5) is 0 Å². The van der Waals surface area contributed by atoms with E-state index in [4.69, 9.17) is 14.2 Å². The van der Waals surface area contributed by atoms with E-state index in [9.17, 15) is 9.90 Å². The molecule has 0 saturated heterocycles. The van der Waals surface area contributed by atoms with Crippen LogP contribution in [0.5, 0.6) is 0 Å². The van der Waals surface area contributed by atoms with Crippen molar-refractivity contribution in [1.29, 1.82) is 0 Å². The zero-order chi connectivity index (χ0) is 18.2. The van der Waals surface area contributed by atoms with Gasteiger partial charge in [0, 0.05) is 20.3 Å². The third-order valence-corrected chi connectivity index (χ3v) is 4.23. The quantitative estimate of drug-likeness (QED) is 0.633. The summed E-state index contributed by atoms with van der Waals surface area (Å²) in [6.07, 6.45) is 9.42. The molecule has 0 aromatic rings. The molecule has 136 valence electrons. The number of carbonyl (C=O) groups is 1. The van der Waals surface area contributed by atoms with Gasteiger partial charge in [0.2, 0.25) is 0 Å². The Balaban J connectivity index is 3.12. The molecule has 0 amide bonds. The van der Waals surface area contributed by atoms with Gasteiger partial charge in [-0.2, -0.15) is 0 Å². The Labute approximate surface area is 145 Å². The molecular weight excluding hydrogens is 308 g/mol. The number of carbonyl (C=O) groups excluding carboxylic acids is 1. The molecule has 1 rings (SSSR count). The number of esters is 1. The number of hydrogen-bond acceptors (Lipinski definition) is 5. The van der Waals surface area contributed by atoms with E-state index < -0.39 is 11.6 Å². The summed E-state index contributed by atoms with van der Waals surface area (Å²) < 4.78 is 16.2. The van der Waals surface area contributed by atoms with Crippen LogP contribution < -0.4 is 0 Å². The first kappa shape index (κ1) is 20.6. The van der Waals surface area contributed by atoms with E-state index in [1.807, 2.05) is 6.92 Å². The molecule has 1 heterocycles. The third kappa shape index (κ3) is 6.99. The maximum absolute atomic E-state index is 11.9. The molecule has 1 aliphatic rings. The van der Waals surface area contributed by atoms with Gasteiger partial charge in [0.05, 0.1) is 18.3 Å². The molecule has 0 aromatic heterocycles. The number of allylic oxidation sites excluding steroid dienone is 1. The minimum atomic E-state index is -1.27. The molecule has 0 saturated carbocycles. The van der Waals surface area contributed by atoms with Crippen molar-refractivity contribution in [2.45, 2.75) is 51.4 Å². The average molecular weight is 338 g/mol. The largest absolute Gasteiger partial charge is 0.459 e. The first-order valence-corrected chi connectivity index (χ1v) is 8.31. The normalized spacial score (nSPS) is 37.7. The van der Waals surface area contributed by atoms with Crippen LogP contribution in [0, 0.1) is 5.92 Å². The van der Waals surface area contributed by atoms with Crippen molar-refractivity contribution in [2.24, 2.45) is 5.92 Å². The molecule has 4 atom stereocenters. The highest BCUT2D eigenvalue weighted by molar-refractivity contribution is 5.82. The van der Waals surface area contributed by atoms with Gasteiger partial charge >= 0.3 is 5.97 Å². The summed E-state index contributed by atoms with van der Waals surface area (Å²) >= 11 is 0. The van der Waals surface area contributed by atoms with Crippen molar-refractivity contribution in [3.05, 3.63) is 36.0 Å². The molecule has 5 heteroatoms. The molecule has 0 aliphatic carbocycles. The summed E-state index contributed by atoms with van der Waals surface area (Å²) in [7, 11) is 3.26. The zero-order valence-corrected chi connectivity index (χ0v) is 15.3. The van der Waals surface area contributed by atoms with Crippen molar-refractivity contribution in [2.75, 3.05) is 20.8 Å². The van der Waals surface area contributed by atoms with Crippen molar-refractivity contribution >= 4 is 5.97 Å². The number of aliphatic hydroxyl groups is 1. The molecule has 24 heavy (non-hydrogen) atoms. The first-order chi connectivity index (χ1) is 11.3. The molecule has 0 bridgehead atoms. The number of hydrogen-bond donors (Lipinski definition) is 1. The van der Waals surface area contributed by atoms with Crippen LogP contribution in [0.3, 0.4) is 0 Å². The predicted molar refractivity (Wildman–Crippen MR) is 93.6 cm³/mol. The van der Waals surface area contributed by atoms with E-state index >= 15 is 0 Å². The second kappa shape index (κ2) is 9.77. The maximum Gasteiger partial charge on any atom is 0.330 e. The molecule has 1 aliphatic heterocycles. The van der Waals surface area contributed by atoms with Crippen molar-refractivity contribution in [1.82, 2.24) is 0 Å². The van der Waals surface area contributed by atoms with Crippen molar-refractivity contribution in [3.8, 4) is 0 Å². The molecule has 0 fully saturated rings. The fourth-order valence-corrected chi connectivity index (χ4v) is 2.46. The summed E-state index contributed by atoms with van der Waals surface area (Å²) in [6.45, 7) is 6.00. The minimum absolute atomic E-state index is 0.192. The Morgan fingerprint density at radius 2 is 2.04 bits per heavy atom. The fraction of sp³-hybridized carbons (Fsp3) is 0.632. The lowest BCUT2D eigenvalue weighted by atomic mass is 9.97. The van der Waals surface area contributed by atoms with Gasteiger partial charge in [-0.1, -0.05) is 25.2 Å². The molecule has 5 nitrogen and oxygen atoms in total. The SMILES string of the molecule is COC/C1=C\CC[C@H](C)[C@@H](C)OC(=O)/C=C/[C@](C)(O)/C=C/[C@@H]1OC. The fourth-order valence-electron chi connectivity index (χ4n) is 2.46. The smallest absolute Gasteiger partial charge is 0.330 e. The Bertz CT molecular complexity index is 490. The van der Waals surface area contributed by atoms with E-state index in [0.717, 1.165) is 18.4 Å². The Morgan fingerprint density at radius 1 is 1.33 bits per heavy atom. The third-order valence-electron chi connectivity index (χ3n) is 4.23. The van der Waals surface area contributed by atoms with Crippen molar-refractivity contribution < 1.29 is 24.1 Å². The maximum atomic E-state index is 11.9. The Kier molecular flexibility index (Phi) is 8.39. The zero-order valence-electron chi connectivity index (χ0n) is 15.3. The van der Waals surface area contributed by atoms with Crippen LogP contribution in [-0.4, -0.2) is 49.7 Å². The van der Waals surface area contributed by atoms with E-state index in [2.05, 4.69) is 13.0 Å². The van der Waals surface area contributed by atoms with Crippen LogP contribution in [0.2, 0.25) is 0 Å². The lowest BCUT2D eigenvalue weighted by Gasteiger charge is -2.22. The van der Waals surface area contributed by atoms with Gasteiger partial charge in [-0.15, -0.1) is 0 Å². The van der Waals surface area contributed by atoms with Gasteiger partial charge in [0.1, 0.15) is 6.10 Å². The van der Waals surface area contributed by atoms with Crippen LogP contribution in [0.25, 0.3) is 0 Å². The highest BCUT2D eigenvalue weighted by Gasteiger charge is 2.19. The highest BCUT2D eigenvalue weighted by Crippen LogP contribution is 2.19. The Hall–Kier alpha value is -1.43. The summed E-state index contributed by atoms with van der Waals surface area (Å²) in [5.74, 6) is -0.221. The van der Waals surface area contributed by atoms with Crippen LogP contribution in [0.15, 0.2) is 36.0 Å². The number of ether oxygens (including phenoxy) is 3. The van der Waals surface area contributed by atoms with Gasteiger partial charge in [-0.05, 0) is 44.3 Å². The summed E-state index contributed by atoms with van der Waals surface area (Å²) in [4.78, 5) is 11.9. The van der Waals surface area contributed by atoms with Gasteiger partial charge in [-0.3, -0.25) is 0 Å². The molecule has 0 aromatic carbocycles. The van der Waals surface area contributed by atoms with Crippen LogP contribution >= 0.6 is 0 Å². The molecule has 1 N–H and O–H groups in total. The number of rotatable bonds is 3. The van der Waals surface area contributed by atoms with Crippen LogP contribution in [0.1, 0.15) is 33.6 Å². The molecular formula is C19H30O5. The first-order valence-electron chi connectivity index (χ1n) is 8.31. The van der Waals surface area contributed by atoms with E-state index in [0.29, 0.717) is 6.61 Å². The summed E-state index contributed by atoms with van der Waals surface area (Å²) in [5, 5.41) is 10.4. The predicted octanol–water partition coefficient (Wildman–Crippen LogP) is 2.80. The van der Waals surface area contributed by atoms with Crippen LogP contribution in [-0.2, 0) is 19.0 Å². The standard InChI is InChI=1S/C19H30O5/c1-14-7-6-8-16(13-22-4)17(23-5)9-11-19(3,21)12-10-18(20)24-15(14)2/h8-12,14-15,17,21H,6-7,13H2,1-5H3/b11-9+,12-10+,16-8+/t14-,15+,17-,19+/m0/s1. The van der Waals surface area contributed by atoms with Gasteiger partial charge in [0.25, 0.3) is 0 Å². The highest BCUT2D eigenvalue weighted by atomic mass is 16.5. The van der Waals surface area contributed by atoms with Gasteiger partial charge < -0.3 is 19.3 Å². The second-order valence-corrected chi connectivity index (χ2v) is 6.48. The summed E-state index contributed by atoms with van der Waals surface area (Å²) in [5.41, 5.74) is -0.266.